The third kappa shape index (κ3) is 3.32. The molecule has 0 aliphatic carbocycles. The highest BCUT2D eigenvalue weighted by molar-refractivity contribution is 5.94. The molecule has 0 fully saturated rings. The molecule has 0 spiro atoms. The number of nitrogens with one attached hydrogen (secondary N) is 1. The molecule has 4 aromatic rings. The number of halogens is 1. The molecule has 2 aromatic carbocycles. The van der Waals surface area contributed by atoms with E-state index in [9.17, 15) is 14.4 Å². The Hall–Kier alpha value is -4.05. The predicted molar refractivity (Wildman–Crippen MR) is 109 cm³/mol. The van der Waals surface area contributed by atoms with Crippen LogP contribution in [0.25, 0.3) is 33.5 Å². The normalized spacial score (nSPS) is 11.6. The van der Waals surface area contributed by atoms with E-state index in [1.165, 1.54) is 12.1 Å². The minimum Gasteiger partial charge on any atom is -0.268 e. The van der Waals surface area contributed by atoms with Gasteiger partial charge in [0, 0.05) is 18.0 Å². The lowest BCUT2D eigenvalue weighted by atomic mass is 9.99. The van der Waals surface area contributed by atoms with Crippen LogP contribution in [0.1, 0.15) is 17.0 Å². The average molecular weight is 384 g/mol. The zero-order valence-corrected chi connectivity index (χ0v) is 15.5. The number of aryl methyl sites for hydroxylation is 1. The molecule has 141 valence electrons. The molecule has 29 heavy (non-hydrogen) atoms. The van der Waals surface area contributed by atoms with Gasteiger partial charge in [0.2, 0.25) is 0 Å². The SMILES string of the molecule is [CH2]c1n[nH]c(=O)c2ccc(-c3cnn(C)c3C=C(C#N)c3cccc(F)c3)cc12. The fraction of sp³-hybridized carbons (Fsp3) is 0.0455. The van der Waals surface area contributed by atoms with Gasteiger partial charge >= 0.3 is 0 Å². The zero-order chi connectivity index (χ0) is 20.5. The number of hydrogen-bond donors (Lipinski definition) is 1. The van der Waals surface area contributed by atoms with Crippen molar-refractivity contribution in [1.29, 1.82) is 5.26 Å². The van der Waals surface area contributed by atoms with Crippen molar-refractivity contribution >= 4 is 22.4 Å². The summed E-state index contributed by atoms with van der Waals surface area (Å²) < 4.78 is 15.2. The molecule has 0 bridgehead atoms. The number of allylic oxidation sites excluding steroid dienone is 1. The van der Waals surface area contributed by atoms with E-state index in [0.29, 0.717) is 33.3 Å². The van der Waals surface area contributed by atoms with Crippen molar-refractivity contribution in [3.8, 4) is 17.2 Å². The molecule has 1 radical (unpaired) electrons. The first-order valence-electron chi connectivity index (χ1n) is 8.72. The van der Waals surface area contributed by atoms with Crippen LogP contribution >= 0.6 is 0 Å². The molecule has 6 nitrogen and oxygen atoms in total. The largest absolute Gasteiger partial charge is 0.272 e. The molecular weight excluding hydrogens is 369 g/mol. The fourth-order valence-electron chi connectivity index (χ4n) is 3.20. The first kappa shape index (κ1) is 18.3. The van der Waals surface area contributed by atoms with Gasteiger partial charge in [0.15, 0.2) is 0 Å². The minimum atomic E-state index is -0.413. The van der Waals surface area contributed by atoms with Crippen molar-refractivity contribution in [2.45, 2.75) is 0 Å². The Morgan fingerprint density at radius 3 is 2.86 bits per heavy atom. The smallest absolute Gasteiger partial charge is 0.268 e. The van der Waals surface area contributed by atoms with E-state index < -0.39 is 5.82 Å². The molecule has 7 heteroatoms. The number of rotatable bonds is 3. The monoisotopic (exact) mass is 384 g/mol. The molecule has 0 amide bonds. The van der Waals surface area contributed by atoms with Crippen molar-refractivity contribution in [3.63, 3.8) is 0 Å². The second kappa shape index (κ2) is 7.17. The van der Waals surface area contributed by atoms with Crippen LogP contribution in [0.5, 0.6) is 0 Å². The van der Waals surface area contributed by atoms with Crippen molar-refractivity contribution in [3.05, 3.63) is 88.7 Å². The summed E-state index contributed by atoms with van der Waals surface area (Å²) in [6.45, 7) is 3.87. The molecule has 2 heterocycles. The van der Waals surface area contributed by atoms with Gasteiger partial charge in [0.25, 0.3) is 5.56 Å². The number of hydrogen-bond acceptors (Lipinski definition) is 4. The maximum Gasteiger partial charge on any atom is 0.272 e. The molecule has 1 N–H and O–H groups in total. The summed E-state index contributed by atoms with van der Waals surface area (Å²) >= 11 is 0. The summed E-state index contributed by atoms with van der Waals surface area (Å²) in [5.74, 6) is -0.413. The highest BCUT2D eigenvalue weighted by Crippen LogP contribution is 2.29. The van der Waals surface area contributed by atoms with Crippen LogP contribution in [-0.2, 0) is 7.05 Å². The predicted octanol–water partition coefficient (Wildman–Crippen LogP) is 3.71. The van der Waals surface area contributed by atoms with Gasteiger partial charge < -0.3 is 0 Å². The van der Waals surface area contributed by atoms with E-state index in [1.807, 2.05) is 6.07 Å². The lowest BCUT2D eigenvalue weighted by Crippen LogP contribution is -2.09. The number of aromatic amines is 1. The van der Waals surface area contributed by atoms with Crippen molar-refractivity contribution in [2.75, 3.05) is 0 Å². The third-order valence-corrected chi connectivity index (χ3v) is 4.70. The maximum atomic E-state index is 13.6. The summed E-state index contributed by atoms with van der Waals surface area (Å²) in [5.41, 5.74) is 3.19. The van der Waals surface area contributed by atoms with Crippen LogP contribution < -0.4 is 5.56 Å². The van der Waals surface area contributed by atoms with Crippen LogP contribution in [0.2, 0.25) is 0 Å². The second-order valence-corrected chi connectivity index (χ2v) is 6.51. The van der Waals surface area contributed by atoms with E-state index >= 15 is 0 Å². The van der Waals surface area contributed by atoms with Crippen molar-refractivity contribution in [1.82, 2.24) is 20.0 Å². The van der Waals surface area contributed by atoms with Gasteiger partial charge in [0.1, 0.15) is 5.82 Å². The van der Waals surface area contributed by atoms with Crippen LogP contribution in [-0.4, -0.2) is 20.0 Å². The van der Waals surface area contributed by atoms with Gasteiger partial charge in [-0.2, -0.15) is 15.5 Å². The second-order valence-electron chi connectivity index (χ2n) is 6.51. The van der Waals surface area contributed by atoms with E-state index in [1.54, 1.807) is 48.3 Å². The van der Waals surface area contributed by atoms with Crippen LogP contribution in [0, 0.1) is 24.1 Å². The third-order valence-electron chi connectivity index (χ3n) is 4.70. The summed E-state index contributed by atoms with van der Waals surface area (Å²) in [6, 6.07) is 13.3. The lowest BCUT2D eigenvalue weighted by Gasteiger charge is -2.07. The highest BCUT2D eigenvalue weighted by Gasteiger charge is 2.13. The van der Waals surface area contributed by atoms with Gasteiger partial charge in [-0.3, -0.25) is 9.48 Å². The van der Waals surface area contributed by atoms with Crippen molar-refractivity contribution in [2.24, 2.45) is 7.05 Å². The van der Waals surface area contributed by atoms with Crippen LogP contribution in [0.3, 0.4) is 0 Å². The molecule has 0 aliphatic rings. The molecule has 0 unspecified atom stereocenters. The standard InChI is InChI=1S/C22H15FN5O/c1-13-19-9-15(6-7-18(19)22(29)27-26-13)20-12-25-28(2)21(20)10-16(11-24)14-4-3-5-17(23)8-14/h3-10,12H,1H2,2H3,(H,27,29). The first-order chi connectivity index (χ1) is 14.0. The summed E-state index contributed by atoms with van der Waals surface area (Å²) in [4.78, 5) is 12.0. The van der Waals surface area contributed by atoms with Crippen LogP contribution in [0.15, 0.2) is 53.5 Å². The van der Waals surface area contributed by atoms with E-state index in [4.69, 9.17) is 0 Å². The van der Waals surface area contributed by atoms with Gasteiger partial charge in [-0.1, -0.05) is 18.2 Å². The van der Waals surface area contributed by atoms with Crippen molar-refractivity contribution < 1.29 is 4.39 Å². The Labute approximate surface area is 165 Å². The van der Waals surface area contributed by atoms with Gasteiger partial charge in [-0.15, -0.1) is 0 Å². The number of benzene rings is 2. The zero-order valence-electron chi connectivity index (χ0n) is 15.5. The minimum absolute atomic E-state index is 0.289. The Morgan fingerprint density at radius 1 is 1.28 bits per heavy atom. The first-order valence-corrected chi connectivity index (χ1v) is 8.72. The van der Waals surface area contributed by atoms with Gasteiger partial charge in [-0.25, -0.2) is 9.49 Å². The lowest BCUT2D eigenvalue weighted by molar-refractivity contribution is 0.627. The number of nitrogens with zero attached hydrogens (tertiary/aromatic N) is 4. The number of H-pyrrole nitrogens is 1. The summed E-state index contributed by atoms with van der Waals surface area (Å²) in [7, 11) is 1.76. The average Bonchev–Trinajstić information content (AvgIpc) is 3.09. The van der Waals surface area contributed by atoms with Gasteiger partial charge in [-0.05, 0) is 48.4 Å². The Kier molecular flexibility index (Phi) is 4.53. The molecule has 2 aromatic heterocycles. The van der Waals surface area contributed by atoms with Crippen LogP contribution in [0.4, 0.5) is 4.39 Å². The maximum absolute atomic E-state index is 13.6. The quantitative estimate of drug-likeness (QED) is 0.546. The fourth-order valence-corrected chi connectivity index (χ4v) is 3.20. The van der Waals surface area contributed by atoms with E-state index in [0.717, 1.165) is 11.1 Å². The number of aromatic nitrogens is 4. The molecule has 4 rings (SSSR count). The molecule has 0 aliphatic heterocycles. The molecule has 0 saturated heterocycles. The summed E-state index contributed by atoms with van der Waals surface area (Å²) in [5, 5.41) is 21.4. The van der Waals surface area contributed by atoms with E-state index in [2.05, 4.69) is 28.3 Å². The molecular formula is C22H15FN5O. The summed E-state index contributed by atoms with van der Waals surface area (Å²) in [6.07, 6.45) is 3.35. The number of nitriles is 1. The topological polar surface area (TPSA) is 87.4 Å². The Morgan fingerprint density at radius 2 is 2.10 bits per heavy atom. The van der Waals surface area contributed by atoms with Gasteiger partial charge in [0.05, 0.1) is 34.6 Å². The molecule has 0 saturated carbocycles. The number of fused-ring (bicyclic) bond motifs is 1. The Bertz CT molecular complexity index is 1370. The van der Waals surface area contributed by atoms with E-state index in [-0.39, 0.29) is 5.56 Å². The highest BCUT2D eigenvalue weighted by atomic mass is 19.1. The Balaban J connectivity index is 1.89. The molecule has 0 atom stereocenters.